The van der Waals surface area contributed by atoms with Crippen LogP contribution >= 0.6 is 15.9 Å². The monoisotopic (exact) mass is 329 g/mol. The average molecular weight is 330 g/mol. The quantitative estimate of drug-likeness (QED) is 0.804. The van der Waals surface area contributed by atoms with Crippen molar-refractivity contribution >= 4 is 33.8 Å². The zero-order valence-corrected chi connectivity index (χ0v) is 12.2. The number of hydrogen-bond donors (Lipinski definition) is 1. The van der Waals surface area contributed by atoms with Crippen molar-refractivity contribution in [2.75, 3.05) is 0 Å². The van der Waals surface area contributed by atoms with Crippen LogP contribution in [0.3, 0.4) is 0 Å². The maximum absolute atomic E-state index is 11.7. The molecule has 0 bridgehead atoms. The lowest BCUT2D eigenvalue weighted by Gasteiger charge is -2.21. The van der Waals surface area contributed by atoms with Crippen molar-refractivity contribution in [2.24, 2.45) is 0 Å². The number of piperidine rings is 1. The Morgan fingerprint density at radius 2 is 1.90 bits per heavy atom. The predicted octanol–water partition coefficient (Wildman–Crippen LogP) is 3.14. The van der Waals surface area contributed by atoms with Gasteiger partial charge in [-0.15, -0.1) is 0 Å². The van der Waals surface area contributed by atoms with Crippen molar-refractivity contribution in [3.8, 4) is 0 Å². The van der Waals surface area contributed by atoms with Crippen LogP contribution in [0.5, 0.6) is 0 Å². The summed E-state index contributed by atoms with van der Waals surface area (Å²) >= 11 is 3.41. The van der Waals surface area contributed by atoms with Gasteiger partial charge in [-0.05, 0) is 35.3 Å². The van der Waals surface area contributed by atoms with Gasteiger partial charge in [0.2, 0.25) is 5.91 Å². The number of allylic oxidation sites excluding steroid dienone is 3. The predicted molar refractivity (Wildman–Crippen MR) is 80.7 cm³/mol. The van der Waals surface area contributed by atoms with Gasteiger partial charge in [0.05, 0.1) is 6.42 Å². The van der Waals surface area contributed by atoms with Crippen LogP contribution in [0.1, 0.15) is 18.4 Å². The summed E-state index contributed by atoms with van der Waals surface area (Å²) < 4.78 is 1.04. The molecule has 20 heavy (non-hydrogen) atoms. The van der Waals surface area contributed by atoms with Gasteiger partial charge in [-0.2, -0.15) is 0 Å². The van der Waals surface area contributed by atoms with Crippen LogP contribution in [0.4, 0.5) is 0 Å². The fourth-order valence-corrected chi connectivity index (χ4v) is 2.65. The van der Waals surface area contributed by atoms with Crippen molar-refractivity contribution in [3.05, 3.63) is 63.2 Å². The number of carbonyl (C=O) groups is 2. The van der Waals surface area contributed by atoms with Gasteiger partial charge in [-0.1, -0.05) is 46.3 Å². The molecule has 2 amide bonds. The van der Waals surface area contributed by atoms with E-state index in [1.165, 1.54) is 0 Å². The van der Waals surface area contributed by atoms with Crippen LogP contribution in [-0.4, -0.2) is 11.8 Å². The van der Waals surface area contributed by atoms with E-state index in [2.05, 4.69) is 27.3 Å². The number of halogens is 1. The molecular formula is C16H12BrNO2. The normalized spacial score (nSPS) is 20.1. The number of fused-ring (bicyclic) bond motifs is 1. The molecule has 1 N–H and O–H groups in total. The van der Waals surface area contributed by atoms with Gasteiger partial charge in [0, 0.05) is 10.0 Å². The summed E-state index contributed by atoms with van der Waals surface area (Å²) in [5, 5.41) is 2.34. The molecule has 1 fully saturated rings. The molecule has 0 radical (unpaired) electrons. The first-order valence-electron chi connectivity index (χ1n) is 6.33. The molecule has 0 spiro atoms. The number of amides is 2. The maximum atomic E-state index is 11.7. The van der Waals surface area contributed by atoms with Crippen molar-refractivity contribution < 1.29 is 9.59 Å². The summed E-state index contributed by atoms with van der Waals surface area (Å²) in [6, 6.07) is 8.02. The molecule has 1 aliphatic carbocycles. The van der Waals surface area contributed by atoms with E-state index in [0.29, 0.717) is 12.0 Å². The molecule has 2 aliphatic rings. The van der Waals surface area contributed by atoms with Crippen molar-refractivity contribution in [1.29, 1.82) is 0 Å². The molecular weight excluding hydrogens is 318 g/mol. The molecule has 0 atom stereocenters. The zero-order valence-electron chi connectivity index (χ0n) is 10.7. The minimum atomic E-state index is -0.282. The van der Waals surface area contributed by atoms with Gasteiger partial charge in [-0.25, -0.2) is 0 Å². The second-order valence-corrected chi connectivity index (χ2v) is 5.73. The van der Waals surface area contributed by atoms with E-state index in [4.69, 9.17) is 0 Å². The summed E-state index contributed by atoms with van der Waals surface area (Å²) in [6.07, 6.45) is 6.89. The summed E-state index contributed by atoms with van der Waals surface area (Å²) in [5.74, 6) is -0.515. The highest BCUT2D eigenvalue weighted by molar-refractivity contribution is 9.10. The van der Waals surface area contributed by atoms with Gasteiger partial charge in [0.25, 0.3) is 5.91 Å². The Morgan fingerprint density at radius 1 is 1.15 bits per heavy atom. The number of hydrogen-bond acceptors (Lipinski definition) is 2. The Kier molecular flexibility index (Phi) is 3.40. The smallest absolute Gasteiger partial charge is 0.257 e. The van der Waals surface area contributed by atoms with Gasteiger partial charge in [0.1, 0.15) is 0 Å². The SMILES string of the molecule is O=C1CC2=CC(=Cc3ccc(Br)cc3)CC=C2C(=O)N1. The lowest BCUT2D eigenvalue weighted by atomic mass is 9.88. The molecule has 1 heterocycles. The third-order valence-electron chi connectivity index (χ3n) is 3.32. The van der Waals surface area contributed by atoms with E-state index in [1.807, 2.05) is 36.4 Å². The zero-order chi connectivity index (χ0) is 14.1. The molecule has 3 rings (SSSR count). The number of imide groups is 1. The highest BCUT2D eigenvalue weighted by Gasteiger charge is 2.26. The molecule has 0 saturated carbocycles. The van der Waals surface area contributed by atoms with Gasteiger partial charge >= 0.3 is 0 Å². The van der Waals surface area contributed by atoms with Gasteiger partial charge in [-0.3, -0.25) is 14.9 Å². The van der Waals surface area contributed by atoms with Crippen molar-refractivity contribution in [1.82, 2.24) is 5.32 Å². The van der Waals surface area contributed by atoms with Crippen LogP contribution in [0, 0.1) is 0 Å². The number of rotatable bonds is 1. The molecule has 0 unspecified atom stereocenters. The Balaban J connectivity index is 1.90. The second kappa shape index (κ2) is 5.21. The van der Waals surface area contributed by atoms with Gasteiger partial charge in [0.15, 0.2) is 0 Å². The minimum Gasteiger partial charge on any atom is -0.292 e. The topological polar surface area (TPSA) is 46.2 Å². The maximum Gasteiger partial charge on any atom is 0.257 e. The van der Waals surface area contributed by atoms with Crippen LogP contribution < -0.4 is 5.32 Å². The van der Waals surface area contributed by atoms with E-state index < -0.39 is 0 Å². The molecule has 4 heteroatoms. The molecule has 1 aromatic carbocycles. The summed E-state index contributed by atoms with van der Waals surface area (Å²) in [6.45, 7) is 0. The summed E-state index contributed by atoms with van der Waals surface area (Å²) in [5.41, 5.74) is 3.66. The Hall–Kier alpha value is -1.94. The van der Waals surface area contributed by atoms with Gasteiger partial charge < -0.3 is 0 Å². The third-order valence-corrected chi connectivity index (χ3v) is 3.85. The first kappa shape index (κ1) is 13.1. The fraction of sp³-hybridized carbons (Fsp3) is 0.125. The lowest BCUT2D eigenvalue weighted by Crippen LogP contribution is -2.37. The van der Waals surface area contributed by atoms with E-state index in [9.17, 15) is 9.59 Å². The van der Waals surface area contributed by atoms with Crippen LogP contribution in [-0.2, 0) is 9.59 Å². The first-order valence-corrected chi connectivity index (χ1v) is 7.12. The highest BCUT2D eigenvalue weighted by atomic mass is 79.9. The van der Waals surface area contributed by atoms with Crippen molar-refractivity contribution in [2.45, 2.75) is 12.8 Å². The largest absolute Gasteiger partial charge is 0.292 e. The molecule has 1 saturated heterocycles. The Morgan fingerprint density at radius 3 is 2.65 bits per heavy atom. The van der Waals surface area contributed by atoms with E-state index in [-0.39, 0.29) is 18.2 Å². The number of benzene rings is 1. The van der Waals surface area contributed by atoms with E-state index in [0.717, 1.165) is 21.2 Å². The summed E-state index contributed by atoms with van der Waals surface area (Å²) in [4.78, 5) is 23.1. The molecule has 1 aliphatic heterocycles. The second-order valence-electron chi connectivity index (χ2n) is 4.82. The van der Waals surface area contributed by atoms with E-state index >= 15 is 0 Å². The van der Waals surface area contributed by atoms with Crippen LogP contribution in [0.15, 0.2) is 57.6 Å². The minimum absolute atomic E-state index is 0.233. The standard InChI is InChI=1S/C16H12BrNO2/c17-13-4-1-10(2-5-13)7-11-3-6-14-12(8-11)9-15(19)18-16(14)20/h1-2,4-8H,3,9H2,(H,18,19,20). The lowest BCUT2D eigenvalue weighted by molar-refractivity contribution is -0.129. The molecule has 3 nitrogen and oxygen atoms in total. The Bertz CT molecular complexity index is 681. The van der Waals surface area contributed by atoms with Crippen LogP contribution in [0.25, 0.3) is 6.08 Å². The first-order chi connectivity index (χ1) is 9.61. The summed E-state index contributed by atoms with van der Waals surface area (Å²) in [7, 11) is 0. The molecule has 0 aromatic heterocycles. The Labute approximate surface area is 125 Å². The van der Waals surface area contributed by atoms with Crippen molar-refractivity contribution in [3.63, 3.8) is 0 Å². The number of carbonyl (C=O) groups excluding carboxylic acids is 2. The van der Waals surface area contributed by atoms with E-state index in [1.54, 1.807) is 0 Å². The molecule has 1 aromatic rings. The fourth-order valence-electron chi connectivity index (χ4n) is 2.38. The number of nitrogens with one attached hydrogen (secondary N) is 1. The van der Waals surface area contributed by atoms with Crippen LogP contribution in [0.2, 0.25) is 0 Å². The average Bonchev–Trinajstić information content (AvgIpc) is 2.41. The molecule has 100 valence electrons. The third kappa shape index (κ3) is 2.65. The highest BCUT2D eigenvalue weighted by Crippen LogP contribution is 2.28.